The van der Waals surface area contributed by atoms with Crippen molar-refractivity contribution in [1.29, 1.82) is 0 Å². The minimum atomic E-state index is 0. The van der Waals surface area contributed by atoms with E-state index in [1.807, 2.05) is 0 Å². The third-order valence-electron chi connectivity index (χ3n) is 5.51. The quantitative estimate of drug-likeness (QED) is 0.332. The summed E-state index contributed by atoms with van der Waals surface area (Å²) in [6, 6.07) is 1.69. The van der Waals surface area contributed by atoms with Gasteiger partial charge < -0.3 is 15.4 Å². The molecule has 2 fully saturated rings. The van der Waals surface area contributed by atoms with Gasteiger partial charge in [0.15, 0.2) is 5.96 Å². The van der Waals surface area contributed by atoms with Crippen molar-refractivity contribution in [3.8, 4) is 0 Å². The third-order valence-corrected chi connectivity index (χ3v) is 5.51. The molecule has 0 aromatic heterocycles. The molecule has 0 aliphatic carbocycles. The highest BCUT2D eigenvalue weighted by atomic mass is 127. The van der Waals surface area contributed by atoms with Gasteiger partial charge in [0.05, 0.1) is 19.8 Å². The second-order valence-electron chi connectivity index (χ2n) is 7.53. The van der Waals surface area contributed by atoms with Gasteiger partial charge in [-0.3, -0.25) is 14.8 Å². The maximum Gasteiger partial charge on any atom is 0.191 e. The minimum Gasteiger partial charge on any atom is -0.379 e. The zero-order valence-corrected chi connectivity index (χ0v) is 19.5. The minimum absolute atomic E-state index is 0. The summed E-state index contributed by atoms with van der Waals surface area (Å²) in [6.07, 6.45) is 4.02. The number of hydrogen-bond donors (Lipinski definition) is 2. The van der Waals surface area contributed by atoms with Crippen LogP contribution in [0, 0.1) is 0 Å². The highest BCUT2D eigenvalue weighted by Crippen LogP contribution is 2.19. The van der Waals surface area contributed by atoms with Gasteiger partial charge in [-0.2, -0.15) is 0 Å². The van der Waals surface area contributed by atoms with Gasteiger partial charge in [-0.05, 0) is 47.1 Å². The molecule has 6 nitrogen and oxygen atoms in total. The van der Waals surface area contributed by atoms with E-state index >= 15 is 0 Å². The number of morpholine rings is 1. The van der Waals surface area contributed by atoms with Crippen LogP contribution >= 0.6 is 24.0 Å². The molecule has 2 aliphatic rings. The summed E-state index contributed by atoms with van der Waals surface area (Å²) in [6.45, 7) is 16.7. The maximum absolute atomic E-state index is 5.44. The maximum atomic E-state index is 5.44. The first-order valence-corrected chi connectivity index (χ1v) is 10.2. The highest BCUT2D eigenvalue weighted by molar-refractivity contribution is 14.0. The molecule has 0 spiro atoms. The van der Waals surface area contributed by atoms with Gasteiger partial charge in [0, 0.05) is 44.3 Å². The molecule has 2 aliphatic heterocycles. The summed E-state index contributed by atoms with van der Waals surface area (Å²) in [5.74, 6) is 0.944. The van der Waals surface area contributed by atoms with E-state index in [4.69, 9.17) is 9.73 Å². The van der Waals surface area contributed by atoms with E-state index < -0.39 is 0 Å². The van der Waals surface area contributed by atoms with Crippen molar-refractivity contribution >= 4 is 29.9 Å². The number of likely N-dealkylation sites (tertiary alicyclic amines) is 1. The Kier molecular flexibility index (Phi) is 12.1. The van der Waals surface area contributed by atoms with Crippen LogP contribution in [0.4, 0.5) is 0 Å². The summed E-state index contributed by atoms with van der Waals surface area (Å²) < 4.78 is 5.44. The number of rotatable bonds is 7. The van der Waals surface area contributed by atoms with E-state index in [0.29, 0.717) is 18.1 Å². The van der Waals surface area contributed by atoms with Crippen LogP contribution in [0.3, 0.4) is 0 Å². The smallest absolute Gasteiger partial charge is 0.191 e. The van der Waals surface area contributed by atoms with Gasteiger partial charge in [-0.1, -0.05) is 6.42 Å². The average molecular weight is 481 g/mol. The molecule has 0 saturated carbocycles. The zero-order chi connectivity index (χ0) is 18.1. The average Bonchev–Trinajstić information content (AvgIpc) is 2.64. The molecule has 26 heavy (non-hydrogen) atoms. The molecule has 0 radical (unpaired) electrons. The molecule has 0 bridgehead atoms. The lowest BCUT2D eigenvalue weighted by Crippen LogP contribution is -2.49. The fraction of sp³-hybridized carbons (Fsp3) is 0.947. The summed E-state index contributed by atoms with van der Waals surface area (Å²) in [7, 11) is 0. The van der Waals surface area contributed by atoms with Crippen molar-refractivity contribution in [2.75, 3.05) is 52.5 Å². The molecule has 2 heterocycles. The second kappa shape index (κ2) is 13.1. The SMILES string of the molecule is CCNC(=NCC(C)N1CCCCC1C)NCC(C)N1CCOCC1.I. The Bertz CT molecular complexity index is 403. The molecule has 3 atom stereocenters. The monoisotopic (exact) mass is 481 g/mol. The predicted octanol–water partition coefficient (Wildman–Crippen LogP) is 2.14. The first kappa shape index (κ1) is 23.9. The predicted molar refractivity (Wildman–Crippen MR) is 121 cm³/mol. The molecule has 154 valence electrons. The number of hydrogen-bond acceptors (Lipinski definition) is 4. The van der Waals surface area contributed by atoms with E-state index in [2.05, 4.69) is 48.1 Å². The van der Waals surface area contributed by atoms with Crippen molar-refractivity contribution in [2.24, 2.45) is 4.99 Å². The van der Waals surface area contributed by atoms with Crippen molar-refractivity contribution < 1.29 is 4.74 Å². The van der Waals surface area contributed by atoms with Gasteiger partial charge in [-0.15, -0.1) is 24.0 Å². The third kappa shape index (κ3) is 7.86. The number of guanidine groups is 1. The molecule has 2 rings (SSSR count). The fourth-order valence-corrected chi connectivity index (χ4v) is 3.84. The van der Waals surface area contributed by atoms with E-state index in [9.17, 15) is 0 Å². The van der Waals surface area contributed by atoms with Gasteiger partial charge in [0.2, 0.25) is 0 Å². The van der Waals surface area contributed by atoms with E-state index in [1.54, 1.807) is 0 Å². The second-order valence-corrected chi connectivity index (χ2v) is 7.53. The van der Waals surface area contributed by atoms with Crippen LogP contribution in [0.1, 0.15) is 47.0 Å². The first-order valence-electron chi connectivity index (χ1n) is 10.2. The van der Waals surface area contributed by atoms with Gasteiger partial charge in [0.25, 0.3) is 0 Å². The lowest BCUT2D eigenvalue weighted by atomic mass is 10.0. The van der Waals surface area contributed by atoms with Gasteiger partial charge in [0.1, 0.15) is 0 Å². The molecule has 2 saturated heterocycles. The van der Waals surface area contributed by atoms with Crippen molar-refractivity contribution in [2.45, 2.75) is 65.1 Å². The fourth-order valence-electron chi connectivity index (χ4n) is 3.84. The number of halogens is 1. The lowest BCUT2D eigenvalue weighted by molar-refractivity contribution is 0.0211. The molecule has 3 unspecified atom stereocenters. The Labute approximate surface area is 177 Å². The Balaban J connectivity index is 0.00000338. The Hall–Kier alpha value is -0.120. The van der Waals surface area contributed by atoms with Crippen molar-refractivity contribution in [3.05, 3.63) is 0 Å². The number of nitrogens with one attached hydrogen (secondary N) is 2. The van der Waals surface area contributed by atoms with E-state index in [1.165, 1.54) is 25.8 Å². The molecule has 2 N–H and O–H groups in total. The number of ether oxygens (including phenoxy) is 1. The summed E-state index contributed by atoms with van der Waals surface area (Å²) in [4.78, 5) is 9.95. The van der Waals surface area contributed by atoms with Crippen LogP contribution in [-0.2, 0) is 4.74 Å². The lowest BCUT2D eigenvalue weighted by Gasteiger charge is -2.37. The van der Waals surface area contributed by atoms with Crippen molar-refractivity contribution in [1.82, 2.24) is 20.4 Å². The van der Waals surface area contributed by atoms with Crippen LogP contribution in [0.5, 0.6) is 0 Å². The van der Waals surface area contributed by atoms with Crippen molar-refractivity contribution in [3.63, 3.8) is 0 Å². The Morgan fingerprint density at radius 3 is 2.50 bits per heavy atom. The van der Waals surface area contributed by atoms with Crippen LogP contribution in [0.25, 0.3) is 0 Å². The molecule has 0 aromatic carbocycles. The van der Waals surface area contributed by atoms with Gasteiger partial charge in [-0.25, -0.2) is 0 Å². The number of nitrogens with zero attached hydrogens (tertiary/aromatic N) is 3. The summed E-state index contributed by atoms with van der Waals surface area (Å²) >= 11 is 0. The van der Waals surface area contributed by atoms with Crippen LogP contribution in [-0.4, -0.2) is 86.4 Å². The Morgan fingerprint density at radius 1 is 1.12 bits per heavy atom. The standard InChI is InChI=1S/C19H39N5O.HI/c1-5-20-19(21-14-17(3)23-10-12-25-13-11-23)22-15-18(4)24-9-7-6-8-16(24)2;/h16-18H,5-15H2,1-4H3,(H2,20,21,22);1H. The molecular weight excluding hydrogens is 441 g/mol. The molecule has 0 amide bonds. The van der Waals surface area contributed by atoms with Crippen LogP contribution in [0.15, 0.2) is 4.99 Å². The van der Waals surface area contributed by atoms with Crippen LogP contribution < -0.4 is 10.6 Å². The van der Waals surface area contributed by atoms with E-state index in [-0.39, 0.29) is 24.0 Å². The topological polar surface area (TPSA) is 52.1 Å². The molecular formula is C19H40IN5O. The molecule has 0 aromatic rings. The number of aliphatic imine (C=N–C) groups is 1. The largest absolute Gasteiger partial charge is 0.379 e. The first-order chi connectivity index (χ1) is 12.1. The highest BCUT2D eigenvalue weighted by Gasteiger charge is 2.23. The normalized spacial score (nSPS) is 25.2. The van der Waals surface area contributed by atoms with Crippen LogP contribution in [0.2, 0.25) is 0 Å². The van der Waals surface area contributed by atoms with Gasteiger partial charge >= 0.3 is 0 Å². The zero-order valence-electron chi connectivity index (χ0n) is 17.2. The summed E-state index contributed by atoms with van der Waals surface area (Å²) in [5, 5.41) is 6.91. The number of piperidine rings is 1. The molecule has 7 heteroatoms. The Morgan fingerprint density at radius 2 is 1.85 bits per heavy atom. The van der Waals surface area contributed by atoms with E-state index in [0.717, 1.165) is 51.9 Å². The summed E-state index contributed by atoms with van der Waals surface area (Å²) in [5.41, 5.74) is 0.